The normalized spacial score (nSPS) is 15.1. The summed E-state index contributed by atoms with van der Waals surface area (Å²) in [5.74, 6) is -1.63. The first-order chi connectivity index (χ1) is 6.40. The van der Waals surface area contributed by atoms with Crippen LogP contribution in [0.4, 0.5) is 0 Å². The minimum atomic E-state index is -1.11. The second kappa shape index (κ2) is 5.18. The fourth-order valence-corrected chi connectivity index (χ4v) is 0.622. The minimum Gasteiger partial charge on any atom is -0.480 e. The Morgan fingerprint density at radius 2 is 2.08 bits per heavy atom. The maximum absolute atomic E-state index is 11.3. The highest BCUT2D eigenvalue weighted by Crippen LogP contribution is 1.86. The second-order valence-electron chi connectivity index (χ2n) is 2.58. The highest BCUT2D eigenvalue weighted by Gasteiger charge is 2.17. The number of carboxylic acids is 1. The first kappa shape index (κ1) is 9.57. The van der Waals surface area contributed by atoms with E-state index in [0.29, 0.717) is 0 Å². The molecule has 3 N–H and O–H groups in total. The van der Waals surface area contributed by atoms with Crippen molar-refractivity contribution in [3.8, 4) is 0 Å². The molecule has 5 nitrogen and oxygen atoms in total. The van der Waals surface area contributed by atoms with E-state index in [-0.39, 0.29) is 0 Å². The molecule has 0 aromatic heterocycles. The largest absolute Gasteiger partial charge is 0.480 e. The van der Waals surface area contributed by atoms with Gasteiger partial charge in [-0.1, -0.05) is 6.58 Å². The van der Waals surface area contributed by atoms with E-state index in [9.17, 15) is 9.59 Å². The third kappa shape index (κ3) is 4.15. The van der Waals surface area contributed by atoms with Crippen LogP contribution in [0.1, 0.15) is 13.8 Å². The van der Waals surface area contributed by atoms with Gasteiger partial charge in [0.25, 0.3) is 0 Å². The number of nitrogens with one attached hydrogen (secondary N) is 2. The summed E-state index contributed by atoms with van der Waals surface area (Å²) in [6.07, 6.45) is 1.18. The van der Waals surface area contributed by atoms with Gasteiger partial charge in [-0.15, -0.1) is 0 Å². The zero-order chi connectivity index (χ0) is 11.3. The first-order valence-electron chi connectivity index (χ1n) is 4.27. The number of carbonyl (C=O) groups is 2. The van der Waals surface area contributed by atoms with E-state index in [1.54, 1.807) is 0 Å². The topological polar surface area (TPSA) is 78.4 Å². The smallest absolute Gasteiger partial charge is 0.325 e. The number of carboxylic acid groups (broad SMARTS) is 1. The molecule has 1 amide bonds. The summed E-state index contributed by atoms with van der Waals surface area (Å²) in [7, 11) is 0. The van der Waals surface area contributed by atoms with Gasteiger partial charge in [0.05, 0.1) is 0 Å². The van der Waals surface area contributed by atoms with Gasteiger partial charge in [-0.3, -0.25) is 9.59 Å². The molecule has 5 heteroatoms. The van der Waals surface area contributed by atoms with Crippen LogP contribution in [-0.2, 0) is 9.59 Å². The lowest BCUT2D eigenvalue weighted by Gasteiger charge is -2.14. The molecule has 0 aliphatic carbocycles. The Balaban J connectivity index is 4.21. The number of aliphatic carboxylic acids is 1. The maximum Gasteiger partial charge on any atom is 0.325 e. The molecule has 0 rings (SSSR count). The summed E-state index contributed by atoms with van der Waals surface area (Å²) in [5, 5.41) is 11.6. The highest BCUT2D eigenvalue weighted by atomic mass is 16.4. The van der Waals surface area contributed by atoms with Crippen molar-refractivity contribution in [3.05, 3.63) is 12.8 Å². The van der Waals surface area contributed by atoms with Gasteiger partial charge in [-0.2, -0.15) is 0 Å². The third-order valence-corrected chi connectivity index (χ3v) is 1.44. The van der Waals surface area contributed by atoms with Gasteiger partial charge in [0.2, 0.25) is 5.91 Å². The van der Waals surface area contributed by atoms with Gasteiger partial charge in [0.1, 0.15) is 12.1 Å². The van der Waals surface area contributed by atoms with Crippen molar-refractivity contribution in [2.45, 2.75) is 25.9 Å². The van der Waals surface area contributed by atoms with Crippen LogP contribution in [-0.4, -0.2) is 29.1 Å². The molecular formula is C8H14N2O3. The van der Waals surface area contributed by atoms with Gasteiger partial charge in [0, 0.05) is 0 Å². The van der Waals surface area contributed by atoms with Crippen LogP contribution in [0.15, 0.2) is 12.8 Å². The zero-order valence-corrected chi connectivity index (χ0v) is 7.65. The molecule has 0 radical (unpaired) electrons. The molecule has 0 fully saturated rings. The molecule has 0 spiro atoms. The number of hydrogen-bond donors (Lipinski definition) is 3. The lowest BCUT2D eigenvalue weighted by Crippen LogP contribution is -2.46. The fraction of sp³-hybridized carbons (Fsp3) is 0.500. The van der Waals surface area contributed by atoms with Crippen molar-refractivity contribution in [2.24, 2.45) is 0 Å². The highest BCUT2D eigenvalue weighted by molar-refractivity contribution is 5.86. The average Bonchev–Trinajstić information content (AvgIpc) is 2.14. The van der Waals surface area contributed by atoms with E-state index in [4.69, 9.17) is 6.52 Å². The van der Waals surface area contributed by atoms with E-state index in [2.05, 4.69) is 11.9 Å². The van der Waals surface area contributed by atoms with Crippen molar-refractivity contribution in [2.75, 3.05) is 0 Å². The summed E-state index contributed by atoms with van der Waals surface area (Å²) in [5.41, 5.74) is 0. The van der Waals surface area contributed by atoms with Crippen LogP contribution < -0.4 is 10.6 Å². The van der Waals surface area contributed by atoms with Crippen molar-refractivity contribution < 1.29 is 16.1 Å². The van der Waals surface area contributed by atoms with E-state index >= 15 is 0 Å². The number of amides is 1. The lowest BCUT2D eigenvalue weighted by molar-refractivity contribution is -0.141. The molecule has 0 bridgehead atoms. The number of hydrogen-bond acceptors (Lipinski definition) is 3. The molecule has 13 heavy (non-hydrogen) atoms. The molecule has 0 aromatic rings. The summed E-state index contributed by atoms with van der Waals surface area (Å²) in [6, 6.07) is -1.71. The molecule has 0 aromatic carbocycles. The Morgan fingerprint density at radius 1 is 1.54 bits per heavy atom. The van der Waals surface area contributed by atoms with Crippen LogP contribution in [0, 0.1) is 0 Å². The van der Waals surface area contributed by atoms with E-state index in [1.165, 1.54) is 20.0 Å². The van der Waals surface area contributed by atoms with Crippen LogP contribution in [0.5, 0.6) is 0 Å². The Hall–Kier alpha value is -1.52. The van der Waals surface area contributed by atoms with Gasteiger partial charge >= 0.3 is 5.97 Å². The molecule has 74 valence electrons. The lowest BCUT2D eigenvalue weighted by atomic mass is 10.2. The van der Waals surface area contributed by atoms with Gasteiger partial charge in [-0.05, 0) is 20.0 Å². The van der Waals surface area contributed by atoms with Crippen LogP contribution in [0.3, 0.4) is 0 Å². The molecular weight excluding hydrogens is 172 g/mol. The Bertz CT molecular complexity index is 245. The Morgan fingerprint density at radius 3 is 2.46 bits per heavy atom. The van der Waals surface area contributed by atoms with Gasteiger partial charge < -0.3 is 15.7 Å². The predicted octanol–water partition coefficient (Wildman–Crippen LogP) is -0.303. The summed E-state index contributed by atoms with van der Waals surface area (Å²) in [6.45, 7) is 6.16. The van der Waals surface area contributed by atoms with Crippen molar-refractivity contribution in [1.82, 2.24) is 10.6 Å². The monoisotopic (exact) mass is 187 g/mol. The van der Waals surface area contributed by atoms with Crippen LogP contribution in [0.2, 0.25) is 1.41 Å². The molecule has 0 saturated heterocycles. The Kier molecular flexibility index (Phi) is 3.81. The standard InChI is InChI=1S/C8H14N2O3/c1-4-9-5(2)7(11)10-6(3)8(12)13/h4-6,9H,1H2,2-3H3,(H,10,11)(H,12,13)/t5-,6+/m1/s1/i/hD. The fourth-order valence-electron chi connectivity index (χ4n) is 0.622. The second-order valence-corrected chi connectivity index (χ2v) is 2.58. The molecule has 0 aliphatic heterocycles. The molecule has 0 saturated carbocycles. The van der Waals surface area contributed by atoms with Crippen LogP contribution in [0.25, 0.3) is 0 Å². The maximum atomic E-state index is 11.3. The predicted molar refractivity (Wildman–Crippen MR) is 48.0 cm³/mol. The van der Waals surface area contributed by atoms with Crippen molar-refractivity contribution in [1.29, 1.82) is 0 Å². The average molecular weight is 187 g/mol. The van der Waals surface area contributed by atoms with Crippen molar-refractivity contribution in [3.63, 3.8) is 0 Å². The van der Waals surface area contributed by atoms with Crippen LogP contribution >= 0.6 is 0 Å². The number of rotatable bonds is 5. The quantitative estimate of drug-likeness (QED) is 0.552. The van der Waals surface area contributed by atoms with Gasteiger partial charge in [-0.25, -0.2) is 0 Å². The van der Waals surface area contributed by atoms with Crippen molar-refractivity contribution >= 4 is 11.9 Å². The Labute approximate surface area is 78.3 Å². The summed E-state index contributed by atoms with van der Waals surface area (Å²) in [4.78, 5) is 21.7. The number of carbonyl (C=O) groups excluding carboxylic acids is 1. The zero-order valence-electron chi connectivity index (χ0n) is 8.65. The molecule has 0 unspecified atom stereocenters. The minimum absolute atomic E-state index is 0.519. The first-order valence-corrected chi connectivity index (χ1v) is 3.83. The third-order valence-electron chi connectivity index (χ3n) is 1.44. The molecule has 0 aliphatic rings. The molecule has 0 heterocycles. The SMILES string of the molecule is [2H]N(C=C)[C@H](C)C(=O)N[C@@H](C)C(=O)O. The summed E-state index contributed by atoms with van der Waals surface area (Å²) < 4.78 is 7.22. The van der Waals surface area contributed by atoms with E-state index in [1.807, 2.05) is 0 Å². The van der Waals surface area contributed by atoms with Gasteiger partial charge in [0.15, 0.2) is 1.41 Å². The summed E-state index contributed by atoms with van der Waals surface area (Å²) >= 11 is 0. The van der Waals surface area contributed by atoms with E-state index < -0.39 is 24.0 Å². The molecule has 2 atom stereocenters. The van der Waals surface area contributed by atoms with E-state index in [0.717, 1.165) is 5.31 Å².